The van der Waals surface area contributed by atoms with Gasteiger partial charge < -0.3 is 14.6 Å². The number of Topliss-reactive ketones (excluding diaryl/α,β-unsaturated/α-hetero) is 1. The normalized spacial score (nSPS) is 24.6. The van der Waals surface area contributed by atoms with Crippen molar-refractivity contribution in [1.29, 1.82) is 0 Å². The fourth-order valence-corrected chi connectivity index (χ4v) is 7.13. The van der Waals surface area contributed by atoms with Crippen LogP contribution in [0.3, 0.4) is 0 Å². The minimum atomic E-state index is -0.788. The van der Waals surface area contributed by atoms with E-state index in [9.17, 15) is 34.4 Å². The number of phenols is 1. The molecule has 1 aliphatic heterocycles. The number of benzene rings is 2. The Balaban J connectivity index is 1.41. The van der Waals surface area contributed by atoms with Gasteiger partial charge in [-0.3, -0.25) is 34.2 Å². The van der Waals surface area contributed by atoms with Crippen LogP contribution in [0.1, 0.15) is 18.4 Å². The van der Waals surface area contributed by atoms with E-state index in [1.807, 2.05) is 6.08 Å². The number of hydrogen-bond donors (Lipinski definition) is 1. The summed E-state index contributed by atoms with van der Waals surface area (Å²) >= 11 is 3.21. The van der Waals surface area contributed by atoms with E-state index in [-0.39, 0.29) is 63.1 Å². The lowest BCUT2D eigenvalue weighted by Crippen LogP contribution is -2.40. The number of allylic oxidation sites excluding steroid dienone is 7. The number of nitro groups is 1. The van der Waals surface area contributed by atoms with Crippen molar-refractivity contribution >= 4 is 56.8 Å². The molecule has 3 aliphatic carbocycles. The van der Waals surface area contributed by atoms with Crippen LogP contribution in [-0.4, -0.2) is 47.6 Å². The number of carbonyl (C=O) groups excluding carboxylic acids is 4. The van der Waals surface area contributed by atoms with E-state index < -0.39 is 40.4 Å². The number of non-ortho nitro benzene ring substituents is 1. The zero-order valence-electron chi connectivity index (χ0n) is 23.5. The third-order valence-corrected chi connectivity index (χ3v) is 9.27. The number of phenolic OH excluding ortho intramolecular Hbond substituents is 1. The molecule has 224 valence electrons. The summed E-state index contributed by atoms with van der Waals surface area (Å²) in [5.41, 5.74) is 2.03. The van der Waals surface area contributed by atoms with E-state index >= 15 is 0 Å². The van der Waals surface area contributed by atoms with E-state index in [0.717, 1.165) is 10.5 Å². The Morgan fingerprint density at radius 3 is 2.30 bits per heavy atom. The van der Waals surface area contributed by atoms with Gasteiger partial charge in [-0.1, -0.05) is 23.8 Å². The van der Waals surface area contributed by atoms with Crippen molar-refractivity contribution < 1.29 is 38.7 Å². The minimum Gasteiger partial charge on any atom is -0.502 e. The van der Waals surface area contributed by atoms with Gasteiger partial charge in [-0.15, -0.1) is 0 Å². The predicted octanol–water partition coefficient (Wildman–Crippen LogP) is 4.83. The number of anilines is 1. The summed E-state index contributed by atoms with van der Waals surface area (Å²) in [6.07, 6.45) is 6.99. The minimum absolute atomic E-state index is 0.105. The largest absolute Gasteiger partial charge is 0.502 e. The van der Waals surface area contributed by atoms with Crippen molar-refractivity contribution in [1.82, 2.24) is 0 Å². The van der Waals surface area contributed by atoms with Crippen LogP contribution in [-0.2, 0) is 19.2 Å². The number of hydrogen-bond acceptors (Lipinski definition) is 9. The molecule has 1 heterocycles. The Morgan fingerprint density at radius 1 is 1.02 bits per heavy atom. The highest BCUT2D eigenvalue weighted by Gasteiger charge is 2.56. The van der Waals surface area contributed by atoms with Crippen LogP contribution in [0.4, 0.5) is 11.4 Å². The molecule has 11 nitrogen and oxygen atoms in total. The number of fused-ring (bicyclic) bond motifs is 3. The second-order valence-corrected chi connectivity index (χ2v) is 11.7. The molecule has 4 atom stereocenters. The zero-order valence-corrected chi connectivity index (χ0v) is 25.1. The van der Waals surface area contributed by atoms with Crippen molar-refractivity contribution in [2.24, 2.45) is 23.7 Å². The Morgan fingerprint density at radius 2 is 1.68 bits per heavy atom. The van der Waals surface area contributed by atoms with E-state index in [2.05, 4.69) is 15.9 Å². The SMILES string of the molecule is COc1cc(C=CC2C3=CCC4C(=O)N(c5ccc([N+](=O)[O-])cc5)C(=O)C4C3CC3=C2C(=O)C=C(Br)C3=O)cc(OC)c1O. The highest BCUT2D eigenvalue weighted by Crippen LogP contribution is 2.53. The average molecular weight is 661 g/mol. The number of methoxy groups -OCH3 is 2. The van der Waals surface area contributed by atoms with Crippen molar-refractivity contribution in [2.45, 2.75) is 12.8 Å². The molecule has 2 aromatic carbocycles. The molecule has 12 heteroatoms. The summed E-state index contributed by atoms with van der Waals surface area (Å²) in [6.45, 7) is 0. The van der Waals surface area contributed by atoms with Crippen molar-refractivity contribution in [2.75, 3.05) is 19.1 Å². The standard InChI is InChI=1S/C32H25BrN2O9/c1-43-25-11-15(12-26(44-2)30(25)38)3-8-19-18-9-10-20-28(21(18)13-22-27(19)24(36)14-23(33)29(22)37)32(40)34(31(20)39)16-4-6-17(7-5-16)35(41)42/h3-9,11-12,14,19-21,28,38H,10,13H2,1-2H3. The first-order chi connectivity index (χ1) is 21.0. The number of nitrogens with zero attached hydrogens (tertiary/aromatic N) is 2. The van der Waals surface area contributed by atoms with Gasteiger partial charge in [0.2, 0.25) is 17.6 Å². The summed E-state index contributed by atoms with van der Waals surface area (Å²) in [6, 6.07) is 8.42. The molecule has 0 saturated carbocycles. The van der Waals surface area contributed by atoms with E-state index in [1.54, 1.807) is 24.3 Å². The fraction of sp³-hybridized carbons (Fsp3) is 0.250. The summed E-state index contributed by atoms with van der Waals surface area (Å²) in [4.78, 5) is 65.9. The first-order valence-electron chi connectivity index (χ1n) is 13.7. The van der Waals surface area contributed by atoms with Crippen LogP contribution < -0.4 is 14.4 Å². The van der Waals surface area contributed by atoms with E-state index in [0.29, 0.717) is 11.1 Å². The molecular formula is C32H25BrN2O9. The summed E-state index contributed by atoms with van der Waals surface area (Å²) in [5, 5.41) is 21.5. The summed E-state index contributed by atoms with van der Waals surface area (Å²) in [5.74, 6) is -4.02. The number of nitro benzene ring substituents is 1. The smallest absolute Gasteiger partial charge is 0.269 e. The van der Waals surface area contributed by atoms with Gasteiger partial charge in [-0.2, -0.15) is 0 Å². The Bertz CT molecular complexity index is 1760. The molecule has 6 rings (SSSR count). The summed E-state index contributed by atoms with van der Waals surface area (Å²) < 4.78 is 10.7. The number of aromatic hydroxyl groups is 1. The predicted molar refractivity (Wildman–Crippen MR) is 161 cm³/mol. The number of ether oxygens (including phenoxy) is 2. The number of imide groups is 1. The number of carbonyl (C=O) groups is 4. The first-order valence-corrected chi connectivity index (χ1v) is 14.5. The van der Waals surface area contributed by atoms with E-state index in [1.165, 1.54) is 44.6 Å². The molecule has 4 unspecified atom stereocenters. The fourth-order valence-electron chi connectivity index (χ4n) is 6.68. The van der Waals surface area contributed by atoms with Crippen molar-refractivity contribution in [3.05, 3.63) is 91.5 Å². The molecular weight excluding hydrogens is 636 g/mol. The molecule has 0 radical (unpaired) electrons. The second kappa shape index (κ2) is 11.0. The van der Waals surface area contributed by atoms with Crippen LogP contribution in [0.15, 0.2) is 75.8 Å². The van der Waals surface area contributed by atoms with Crippen molar-refractivity contribution in [3.63, 3.8) is 0 Å². The van der Waals surface area contributed by atoms with Gasteiger partial charge in [0.25, 0.3) is 5.69 Å². The monoisotopic (exact) mass is 660 g/mol. The second-order valence-electron chi connectivity index (χ2n) is 10.9. The summed E-state index contributed by atoms with van der Waals surface area (Å²) in [7, 11) is 2.81. The van der Waals surface area contributed by atoms with Gasteiger partial charge in [0, 0.05) is 35.3 Å². The van der Waals surface area contributed by atoms with Gasteiger partial charge in [0.15, 0.2) is 23.1 Å². The van der Waals surface area contributed by atoms with Crippen LogP contribution in [0, 0.1) is 33.8 Å². The Hall–Kier alpha value is -4.84. The topological polar surface area (TPSA) is 153 Å². The number of amides is 2. The maximum absolute atomic E-state index is 13.9. The molecule has 0 spiro atoms. The van der Waals surface area contributed by atoms with Gasteiger partial charge in [-0.05, 0) is 64.5 Å². The quantitative estimate of drug-likeness (QED) is 0.151. The van der Waals surface area contributed by atoms with Gasteiger partial charge in [0.05, 0.1) is 41.1 Å². The number of halogens is 1. The molecule has 1 saturated heterocycles. The molecule has 44 heavy (non-hydrogen) atoms. The van der Waals surface area contributed by atoms with Crippen LogP contribution >= 0.6 is 15.9 Å². The van der Waals surface area contributed by atoms with Gasteiger partial charge in [-0.25, -0.2) is 0 Å². The molecule has 4 aliphatic rings. The highest BCUT2D eigenvalue weighted by molar-refractivity contribution is 9.12. The van der Waals surface area contributed by atoms with Crippen LogP contribution in [0.25, 0.3) is 6.08 Å². The van der Waals surface area contributed by atoms with Crippen LogP contribution in [0.2, 0.25) is 0 Å². The third-order valence-electron chi connectivity index (χ3n) is 8.68. The Labute approximate surface area is 259 Å². The maximum Gasteiger partial charge on any atom is 0.269 e. The van der Waals surface area contributed by atoms with E-state index in [4.69, 9.17) is 9.47 Å². The lowest BCUT2D eigenvalue weighted by molar-refractivity contribution is -0.384. The van der Waals surface area contributed by atoms with Gasteiger partial charge in [0.1, 0.15) is 0 Å². The maximum atomic E-state index is 13.9. The highest BCUT2D eigenvalue weighted by atomic mass is 79.9. The third kappa shape index (κ3) is 4.57. The van der Waals surface area contributed by atoms with Crippen molar-refractivity contribution in [3.8, 4) is 17.2 Å². The Kier molecular flexibility index (Phi) is 7.32. The lowest BCUT2D eigenvalue weighted by atomic mass is 9.61. The molecule has 0 aromatic heterocycles. The van der Waals surface area contributed by atoms with Crippen LogP contribution in [0.5, 0.6) is 17.2 Å². The molecule has 0 bridgehead atoms. The molecule has 1 N–H and O–H groups in total. The average Bonchev–Trinajstić information content (AvgIpc) is 3.27. The zero-order chi connectivity index (χ0) is 31.4. The van der Waals surface area contributed by atoms with Gasteiger partial charge >= 0.3 is 0 Å². The lowest BCUT2D eigenvalue weighted by Gasteiger charge is -2.41. The number of rotatable bonds is 6. The number of ketones is 2. The molecule has 2 aromatic rings. The first kappa shape index (κ1) is 29.2. The molecule has 1 fully saturated rings. The molecule has 2 amide bonds.